The fourth-order valence-corrected chi connectivity index (χ4v) is 2.44. The van der Waals surface area contributed by atoms with Crippen LogP contribution in [0, 0.1) is 5.41 Å². The minimum atomic E-state index is 0.500. The van der Waals surface area contributed by atoms with E-state index in [1.807, 2.05) is 13.2 Å². The number of imidazole rings is 1. The summed E-state index contributed by atoms with van der Waals surface area (Å²) in [4.78, 5) is 4.28. The summed E-state index contributed by atoms with van der Waals surface area (Å²) in [7, 11) is 1.93. The van der Waals surface area contributed by atoms with Crippen LogP contribution in [0.4, 0.5) is 5.95 Å². The number of hydrogen-bond donors (Lipinski definition) is 1. The van der Waals surface area contributed by atoms with Gasteiger partial charge in [0.15, 0.2) is 0 Å². The predicted molar refractivity (Wildman–Crippen MR) is 58.4 cm³/mol. The van der Waals surface area contributed by atoms with Crippen molar-refractivity contribution < 1.29 is 0 Å². The fraction of sp³-hybridized carbons (Fsp3) is 0.727. The van der Waals surface area contributed by atoms with E-state index in [1.165, 1.54) is 19.3 Å². The van der Waals surface area contributed by atoms with Crippen LogP contribution in [-0.4, -0.2) is 16.6 Å². The minimum absolute atomic E-state index is 0.500. The first-order valence-corrected chi connectivity index (χ1v) is 5.33. The number of rotatable bonds is 2. The standard InChI is InChI=1S/C11H19N3/c1-11(2)5-4-9(8-11)14-7-6-13-10(14)12-3/h6-7,9H,4-5,8H2,1-3H3,(H,12,13). The molecule has 0 aromatic carbocycles. The Labute approximate surface area is 85.5 Å². The van der Waals surface area contributed by atoms with Gasteiger partial charge in [0.2, 0.25) is 5.95 Å². The van der Waals surface area contributed by atoms with Crippen molar-refractivity contribution in [3.8, 4) is 0 Å². The van der Waals surface area contributed by atoms with E-state index >= 15 is 0 Å². The van der Waals surface area contributed by atoms with Crippen molar-refractivity contribution in [3.63, 3.8) is 0 Å². The molecule has 1 heterocycles. The van der Waals surface area contributed by atoms with Gasteiger partial charge < -0.3 is 9.88 Å². The molecule has 1 aromatic heterocycles. The molecule has 0 saturated heterocycles. The van der Waals surface area contributed by atoms with Crippen LogP contribution in [0.5, 0.6) is 0 Å². The first-order chi connectivity index (χ1) is 6.62. The van der Waals surface area contributed by atoms with Gasteiger partial charge in [0.1, 0.15) is 0 Å². The van der Waals surface area contributed by atoms with Crippen LogP contribution in [0.15, 0.2) is 12.4 Å². The lowest BCUT2D eigenvalue weighted by Gasteiger charge is -2.19. The second-order valence-electron chi connectivity index (χ2n) is 4.97. The number of nitrogens with zero attached hydrogens (tertiary/aromatic N) is 2. The van der Waals surface area contributed by atoms with Crippen LogP contribution < -0.4 is 5.32 Å². The molecule has 1 saturated carbocycles. The van der Waals surface area contributed by atoms with Gasteiger partial charge in [-0.15, -0.1) is 0 Å². The summed E-state index contributed by atoms with van der Waals surface area (Å²) in [5.74, 6) is 0.993. The molecule has 0 amide bonds. The molecule has 3 heteroatoms. The Hall–Kier alpha value is -0.990. The van der Waals surface area contributed by atoms with E-state index < -0.39 is 0 Å². The molecule has 1 aromatic rings. The first-order valence-electron chi connectivity index (χ1n) is 5.33. The summed E-state index contributed by atoms with van der Waals surface area (Å²) < 4.78 is 2.27. The molecular formula is C11H19N3. The van der Waals surface area contributed by atoms with Crippen molar-refractivity contribution in [1.29, 1.82) is 0 Å². The highest BCUT2D eigenvalue weighted by molar-refractivity contribution is 5.25. The Kier molecular flexibility index (Phi) is 2.25. The molecule has 1 N–H and O–H groups in total. The second-order valence-corrected chi connectivity index (χ2v) is 4.97. The summed E-state index contributed by atoms with van der Waals surface area (Å²) in [6.45, 7) is 4.70. The summed E-state index contributed by atoms with van der Waals surface area (Å²) in [6, 6.07) is 0.634. The molecule has 1 fully saturated rings. The van der Waals surface area contributed by atoms with Gasteiger partial charge in [0, 0.05) is 25.5 Å². The third kappa shape index (κ3) is 1.63. The molecular weight excluding hydrogens is 174 g/mol. The van der Waals surface area contributed by atoms with Gasteiger partial charge in [-0.25, -0.2) is 4.98 Å². The minimum Gasteiger partial charge on any atom is -0.359 e. The van der Waals surface area contributed by atoms with Crippen molar-refractivity contribution in [2.75, 3.05) is 12.4 Å². The Bertz CT molecular complexity index is 314. The molecule has 1 aliphatic rings. The zero-order valence-corrected chi connectivity index (χ0v) is 9.25. The van der Waals surface area contributed by atoms with E-state index in [9.17, 15) is 0 Å². The summed E-state index contributed by atoms with van der Waals surface area (Å²) in [5, 5.41) is 3.13. The van der Waals surface area contributed by atoms with Crippen LogP contribution in [0.25, 0.3) is 0 Å². The monoisotopic (exact) mass is 193 g/mol. The maximum absolute atomic E-state index is 4.28. The van der Waals surface area contributed by atoms with E-state index in [0.29, 0.717) is 11.5 Å². The molecule has 0 radical (unpaired) electrons. The molecule has 2 rings (SSSR count). The Morgan fingerprint density at radius 1 is 1.57 bits per heavy atom. The van der Waals surface area contributed by atoms with Crippen molar-refractivity contribution in [1.82, 2.24) is 9.55 Å². The van der Waals surface area contributed by atoms with Crippen LogP contribution in [0.3, 0.4) is 0 Å². The van der Waals surface area contributed by atoms with E-state index in [1.54, 1.807) is 0 Å². The van der Waals surface area contributed by atoms with Crippen LogP contribution in [0.1, 0.15) is 39.2 Å². The summed E-state index contributed by atoms with van der Waals surface area (Å²) in [6.07, 6.45) is 7.81. The lowest BCUT2D eigenvalue weighted by Crippen LogP contribution is -2.10. The van der Waals surface area contributed by atoms with Crippen molar-refractivity contribution in [2.24, 2.45) is 5.41 Å². The zero-order valence-electron chi connectivity index (χ0n) is 9.25. The molecule has 0 spiro atoms. The molecule has 3 nitrogen and oxygen atoms in total. The normalized spacial score (nSPS) is 25.2. The van der Waals surface area contributed by atoms with E-state index in [2.05, 4.69) is 34.9 Å². The third-order valence-corrected chi connectivity index (χ3v) is 3.23. The Balaban J connectivity index is 2.17. The maximum atomic E-state index is 4.28. The summed E-state index contributed by atoms with van der Waals surface area (Å²) >= 11 is 0. The molecule has 78 valence electrons. The number of nitrogens with one attached hydrogen (secondary N) is 1. The molecule has 1 unspecified atom stereocenters. The molecule has 1 aliphatic carbocycles. The van der Waals surface area contributed by atoms with Crippen LogP contribution in [-0.2, 0) is 0 Å². The highest BCUT2D eigenvalue weighted by Crippen LogP contribution is 2.44. The quantitative estimate of drug-likeness (QED) is 0.782. The number of hydrogen-bond acceptors (Lipinski definition) is 2. The largest absolute Gasteiger partial charge is 0.359 e. The van der Waals surface area contributed by atoms with Gasteiger partial charge in [-0.1, -0.05) is 13.8 Å². The van der Waals surface area contributed by atoms with Crippen molar-refractivity contribution in [3.05, 3.63) is 12.4 Å². The highest BCUT2D eigenvalue weighted by atomic mass is 15.2. The Morgan fingerprint density at radius 2 is 2.36 bits per heavy atom. The average Bonchev–Trinajstić information content (AvgIpc) is 2.70. The smallest absolute Gasteiger partial charge is 0.202 e. The van der Waals surface area contributed by atoms with E-state index in [4.69, 9.17) is 0 Å². The van der Waals surface area contributed by atoms with Crippen LogP contribution >= 0.6 is 0 Å². The fourth-order valence-electron chi connectivity index (χ4n) is 2.44. The Morgan fingerprint density at radius 3 is 2.93 bits per heavy atom. The van der Waals surface area contributed by atoms with Crippen LogP contribution in [0.2, 0.25) is 0 Å². The highest BCUT2D eigenvalue weighted by Gasteiger charge is 2.32. The molecule has 14 heavy (non-hydrogen) atoms. The lowest BCUT2D eigenvalue weighted by atomic mass is 9.92. The van der Waals surface area contributed by atoms with Crippen molar-refractivity contribution in [2.45, 2.75) is 39.2 Å². The van der Waals surface area contributed by atoms with E-state index in [-0.39, 0.29) is 0 Å². The molecule has 0 bridgehead atoms. The number of aromatic nitrogens is 2. The van der Waals surface area contributed by atoms with Gasteiger partial charge in [-0.2, -0.15) is 0 Å². The lowest BCUT2D eigenvalue weighted by molar-refractivity contribution is 0.359. The SMILES string of the molecule is CNc1nccn1C1CCC(C)(C)C1. The molecule has 0 aliphatic heterocycles. The van der Waals surface area contributed by atoms with Gasteiger partial charge in [0.25, 0.3) is 0 Å². The van der Waals surface area contributed by atoms with E-state index in [0.717, 1.165) is 5.95 Å². The maximum Gasteiger partial charge on any atom is 0.202 e. The zero-order chi connectivity index (χ0) is 10.2. The average molecular weight is 193 g/mol. The topological polar surface area (TPSA) is 29.9 Å². The number of anilines is 1. The van der Waals surface area contributed by atoms with Gasteiger partial charge in [-0.3, -0.25) is 0 Å². The van der Waals surface area contributed by atoms with Crippen molar-refractivity contribution >= 4 is 5.95 Å². The molecule has 1 atom stereocenters. The van der Waals surface area contributed by atoms with Gasteiger partial charge in [-0.05, 0) is 24.7 Å². The van der Waals surface area contributed by atoms with Gasteiger partial charge in [0.05, 0.1) is 0 Å². The van der Waals surface area contributed by atoms with Gasteiger partial charge >= 0.3 is 0 Å². The third-order valence-electron chi connectivity index (χ3n) is 3.23. The first kappa shape index (κ1) is 9.56. The summed E-state index contributed by atoms with van der Waals surface area (Å²) in [5.41, 5.74) is 0.500. The predicted octanol–water partition coefficient (Wildman–Crippen LogP) is 2.68. The second kappa shape index (κ2) is 3.30.